The van der Waals surface area contributed by atoms with Crippen LogP contribution in [-0.4, -0.2) is 28.6 Å². The summed E-state index contributed by atoms with van der Waals surface area (Å²) in [6, 6.07) is 1.54. The number of Topliss-reactive ketones (excluding diaryl/α,β-unsaturated/α-hetero) is 1. The Labute approximate surface area is 110 Å². The molecule has 106 valence electrons. The summed E-state index contributed by atoms with van der Waals surface area (Å²) in [6.07, 6.45) is 1.05. The maximum absolute atomic E-state index is 13.3. The van der Waals surface area contributed by atoms with Crippen LogP contribution in [0.2, 0.25) is 0 Å². The summed E-state index contributed by atoms with van der Waals surface area (Å²) in [5, 5.41) is 4.04. The normalized spacial score (nSPS) is 22.2. The van der Waals surface area contributed by atoms with Crippen molar-refractivity contribution in [3.05, 3.63) is 11.8 Å². The van der Waals surface area contributed by atoms with Gasteiger partial charge >= 0.3 is 0 Å². The van der Waals surface area contributed by atoms with Crippen LogP contribution in [0.4, 0.5) is 8.78 Å². The molecule has 1 saturated carbocycles. The van der Waals surface area contributed by atoms with Crippen molar-refractivity contribution < 1.29 is 18.3 Å². The van der Waals surface area contributed by atoms with E-state index in [0.29, 0.717) is 18.7 Å². The van der Waals surface area contributed by atoms with Crippen molar-refractivity contribution >= 4 is 5.78 Å². The zero-order valence-corrected chi connectivity index (χ0v) is 11.2. The molecule has 1 atom stereocenters. The molecule has 0 aliphatic heterocycles. The van der Waals surface area contributed by atoms with Crippen molar-refractivity contribution in [2.24, 2.45) is 13.0 Å². The number of ether oxygens (including phenoxy) is 1. The number of carbonyl (C=O) groups excluding carboxylic acids is 1. The third kappa shape index (κ3) is 3.30. The molecule has 1 aliphatic carbocycles. The second-order valence-electron chi connectivity index (χ2n) is 5.14. The number of carbonyl (C=O) groups is 1. The lowest BCUT2D eigenvalue weighted by atomic mass is 9.83. The molecule has 1 heterocycles. The van der Waals surface area contributed by atoms with Crippen LogP contribution >= 0.6 is 0 Å². The van der Waals surface area contributed by atoms with Crippen LogP contribution in [0.25, 0.3) is 0 Å². The summed E-state index contributed by atoms with van der Waals surface area (Å²) in [6.45, 7) is 0. The fraction of sp³-hybridized carbons (Fsp3) is 0.692. The van der Waals surface area contributed by atoms with E-state index in [2.05, 4.69) is 5.10 Å². The van der Waals surface area contributed by atoms with E-state index in [1.54, 1.807) is 13.1 Å². The van der Waals surface area contributed by atoms with Gasteiger partial charge in [-0.15, -0.1) is 0 Å². The van der Waals surface area contributed by atoms with Crippen molar-refractivity contribution in [1.82, 2.24) is 9.78 Å². The molecule has 0 spiro atoms. The number of rotatable bonds is 4. The number of hydrogen-bond acceptors (Lipinski definition) is 3. The number of halogens is 2. The lowest BCUT2D eigenvalue weighted by Crippen LogP contribution is -2.27. The largest absolute Gasteiger partial charge is 0.481 e. The lowest BCUT2D eigenvalue weighted by Gasteiger charge is -2.28. The van der Waals surface area contributed by atoms with Crippen LogP contribution in [0, 0.1) is 5.92 Å². The number of aromatic nitrogens is 2. The summed E-state index contributed by atoms with van der Waals surface area (Å²) >= 11 is 0. The first-order valence-corrected chi connectivity index (χ1v) is 6.40. The van der Waals surface area contributed by atoms with Crippen LogP contribution in [0.15, 0.2) is 6.07 Å². The number of nitrogens with zero attached hydrogens (tertiary/aromatic N) is 2. The molecule has 0 amide bonds. The van der Waals surface area contributed by atoms with E-state index < -0.39 is 5.92 Å². The van der Waals surface area contributed by atoms with Gasteiger partial charge in [0.1, 0.15) is 5.69 Å². The molecule has 6 heteroatoms. The van der Waals surface area contributed by atoms with Gasteiger partial charge in [0.2, 0.25) is 11.8 Å². The zero-order valence-electron chi connectivity index (χ0n) is 11.2. The van der Waals surface area contributed by atoms with Gasteiger partial charge in [0, 0.05) is 32.4 Å². The molecule has 0 saturated heterocycles. The van der Waals surface area contributed by atoms with Gasteiger partial charge in [-0.1, -0.05) is 0 Å². The van der Waals surface area contributed by atoms with Gasteiger partial charge in [0.05, 0.1) is 7.11 Å². The summed E-state index contributed by atoms with van der Waals surface area (Å²) < 4.78 is 33.0. The van der Waals surface area contributed by atoms with Crippen LogP contribution in [-0.2, 0) is 7.05 Å². The Hall–Kier alpha value is -1.46. The Morgan fingerprint density at radius 3 is 2.95 bits per heavy atom. The lowest BCUT2D eigenvalue weighted by molar-refractivity contribution is -0.0521. The van der Waals surface area contributed by atoms with E-state index in [9.17, 15) is 13.6 Å². The quantitative estimate of drug-likeness (QED) is 0.792. The highest BCUT2D eigenvalue weighted by molar-refractivity contribution is 5.94. The van der Waals surface area contributed by atoms with Gasteiger partial charge < -0.3 is 4.74 Å². The fourth-order valence-corrected chi connectivity index (χ4v) is 2.59. The zero-order chi connectivity index (χ0) is 14.0. The van der Waals surface area contributed by atoms with Crippen molar-refractivity contribution in [2.75, 3.05) is 7.11 Å². The van der Waals surface area contributed by atoms with E-state index in [1.807, 2.05) is 0 Å². The van der Waals surface area contributed by atoms with E-state index in [-0.39, 0.29) is 36.7 Å². The molecule has 0 radical (unpaired) electrons. The van der Waals surface area contributed by atoms with Crippen LogP contribution in [0.5, 0.6) is 5.88 Å². The fourth-order valence-electron chi connectivity index (χ4n) is 2.59. The molecule has 0 N–H and O–H groups in total. The summed E-state index contributed by atoms with van der Waals surface area (Å²) in [4.78, 5) is 12.0. The molecule has 4 nitrogen and oxygen atoms in total. The Kier molecular flexibility index (Phi) is 3.87. The van der Waals surface area contributed by atoms with Gasteiger partial charge in [-0.3, -0.25) is 4.79 Å². The first kappa shape index (κ1) is 14.0. The second kappa shape index (κ2) is 5.27. The van der Waals surface area contributed by atoms with Gasteiger partial charge in [0.25, 0.3) is 0 Å². The minimum Gasteiger partial charge on any atom is -0.481 e. The topological polar surface area (TPSA) is 44.1 Å². The Balaban J connectivity index is 2.00. The first-order chi connectivity index (χ1) is 8.91. The number of alkyl halides is 2. The average Bonchev–Trinajstić information content (AvgIpc) is 2.69. The summed E-state index contributed by atoms with van der Waals surface area (Å²) in [5.74, 6) is -2.58. The Morgan fingerprint density at radius 2 is 2.37 bits per heavy atom. The maximum Gasteiger partial charge on any atom is 0.248 e. The minimum absolute atomic E-state index is 0.0604. The molecular formula is C13H18F2N2O2. The maximum atomic E-state index is 13.3. The van der Waals surface area contributed by atoms with Crippen LogP contribution in [0.3, 0.4) is 0 Å². The van der Waals surface area contributed by atoms with Crippen molar-refractivity contribution in [2.45, 2.75) is 38.0 Å². The monoisotopic (exact) mass is 272 g/mol. The minimum atomic E-state index is -2.62. The first-order valence-electron chi connectivity index (χ1n) is 6.40. The number of methoxy groups -OCH3 is 1. The number of ketones is 1. The van der Waals surface area contributed by atoms with Crippen molar-refractivity contribution in [3.8, 4) is 5.88 Å². The third-order valence-corrected chi connectivity index (χ3v) is 3.55. The Morgan fingerprint density at radius 1 is 1.63 bits per heavy atom. The van der Waals surface area contributed by atoms with E-state index >= 15 is 0 Å². The number of aryl methyl sites for hydroxylation is 1. The number of hydrogen-bond donors (Lipinski definition) is 0. The van der Waals surface area contributed by atoms with E-state index in [1.165, 1.54) is 11.8 Å². The molecule has 19 heavy (non-hydrogen) atoms. The summed E-state index contributed by atoms with van der Waals surface area (Å²) in [5.41, 5.74) is 0.285. The highest BCUT2D eigenvalue weighted by atomic mass is 19.3. The molecule has 2 rings (SSSR count). The van der Waals surface area contributed by atoms with Gasteiger partial charge in [-0.2, -0.15) is 5.10 Å². The molecule has 1 aliphatic rings. The SMILES string of the molecule is COc1cc(C(=O)CC2CCCC(F)(F)C2)nn1C. The smallest absolute Gasteiger partial charge is 0.248 e. The van der Waals surface area contributed by atoms with Crippen LogP contribution in [0.1, 0.15) is 42.6 Å². The second-order valence-corrected chi connectivity index (χ2v) is 5.14. The van der Waals surface area contributed by atoms with E-state index in [0.717, 1.165) is 0 Å². The van der Waals surface area contributed by atoms with Crippen LogP contribution < -0.4 is 4.74 Å². The van der Waals surface area contributed by atoms with Gasteiger partial charge in [-0.05, 0) is 18.8 Å². The molecule has 1 aromatic rings. The molecule has 1 fully saturated rings. The highest BCUT2D eigenvalue weighted by Gasteiger charge is 2.37. The van der Waals surface area contributed by atoms with Crippen molar-refractivity contribution in [3.63, 3.8) is 0 Å². The predicted octanol–water partition coefficient (Wildman–Crippen LogP) is 2.83. The molecule has 1 unspecified atom stereocenters. The predicted molar refractivity (Wildman–Crippen MR) is 65.6 cm³/mol. The van der Waals surface area contributed by atoms with Gasteiger partial charge in [-0.25, -0.2) is 13.5 Å². The standard InChI is InChI=1S/C13H18F2N2O2/c1-17-12(19-2)7-10(16-17)11(18)6-9-4-3-5-13(14,15)8-9/h7,9H,3-6,8H2,1-2H3. The molecule has 0 bridgehead atoms. The molecular weight excluding hydrogens is 254 g/mol. The molecule has 1 aromatic heterocycles. The highest BCUT2D eigenvalue weighted by Crippen LogP contribution is 2.38. The molecule has 0 aromatic carbocycles. The van der Waals surface area contributed by atoms with Crippen molar-refractivity contribution in [1.29, 1.82) is 0 Å². The average molecular weight is 272 g/mol. The third-order valence-electron chi connectivity index (χ3n) is 3.55. The van der Waals surface area contributed by atoms with E-state index in [4.69, 9.17) is 4.74 Å². The summed E-state index contributed by atoms with van der Waals surface area (Å²) in [7, 11) is 3.16. The Bertz CT molecular complexity index is 471. The van der Waals surface area contributed by atoms with Gasteiger partial charge in [0.15, 0.2) is 5.78 Å².